The minimum Gasteiger partial charge on any atom is -0.623 e. The van der Waals surface area contributed by atoms with Gasteiger partial charge in [0.1, 0.15) is 10.6 Å². The van der Waals surface area contributed by atoms with Gasteiger partial charge in [-0.1, -0.05) is 0 Å². The van der Waals surface area contributed by atoms with Crippen molar-refractivity contribution in [3.63, 3.8) is 0 Å². The molecule has 1 heterocycles. The summed E-state index contributed by atoms with van der Waals surface area (Å²) in [5.74, 6) is -1.46. The summed E-state index contributed by atoms with van der Waals surface area (Å²) >= 11 is 0. The second-order valence-corrected chi connectivity index (χ2v) is 6.43. The smallest absolute Gasteiger partial charge is 0.338 e. The van der Waals surface area contributed by atoms with Gasteiger partial charge < -0.3 is 10.3 Å². The molecule has 0 unspecified atom stereocenters. The molecule has 0 amide bonds. The van der Waals surface area contributed by atoms with Crippen molar-refractivity contribution in [3.8, 4) is 0 Å². The van der Waals surface area contributed by atoms with Gasteiger partial charge >= 0.3 is 5.97 Å². The summed E-state index contributed by atoms with van der Waals surface area (Å²) < 4.78 is 31.2. The van der Waals surface area contributed by atoms with E-state index in [2.05, 4.69) is 4.98 Å². The number of carbonyl (C=O) groups is 1. The van der Waals surface area contributed by atoms with Gasteiger partial charge in [-0.25, -0.2) is 14.5 Å². The molecule has 0 spiro atoms. The number of aromatic nitrogens is 1. The second-order valence-electron chi connectivity index (χ2n) is 5.01. The molecule has 0 aliphatic carbocycles. The third-order valence-corrected chi connectivity index (χ3v) is 3.14. The van der Waals surface area contributed by atoms with E-state index < -0.39 is 32.1 Å². The SMILES string of the molecule is CC(C)(C)[N+]([O-])=Cc1ncc(S(=O)(=O)O)cc1C(=O)O. The molecule has 0 saturated carbocycles. The molecular weight excluding hydrogens is 288 g/mol. The first kappa shape index (κ1) is 16.1. The van der Waals surface area contributed by atoms with Gasteiger partial charge in [0.25, 0.3) is 10.1 Å². The Kier molecular flexibility index (Phi) is 4.15. The first-order chi connectivity index (χ1) is 8.93. The first-order valence-electron chi connectivity index (χ1n) is 5.45. The van der Waals surface area contributed by atoms with Gasteiger partial charge in [0.05, 0.1) is 5.56 Å². The van der Waals surface area contributed by atoms with Crippen LogP contribution in [0.5, 0.6) is 0 Å². The zero-order chi connectivity index (χ0) is 15.7. The van der Waals surface area contributed by atoms with Gasteiger partial charge in [0.2, 0.25) is 6.21 Å². The summed E-state index contributed by atoms with van der Waals surface area (Å²) in [6.45, 7) is 4.84. The number of hydrogen-bond acceptors (Lipinski definition) is 5. The molecule has 1 aromatic rings. The Labute approximate surface area is 115 Å². The minimum atomic E-state index is -4.56. The lowest BCUT2D eigenvalue weighted by molar-refractivity contribution is -0.530. The van der Waals surface area contributed by atoms with Crippen LogP contribution in [0.1, 0.15) is 36.8 Å². The molecule has 0 aliphatic heterocycles. The Morgan fingerprint density at radius 2 is 2.00 bits per heavy atom. The van der Waals surface area contributed by atoms with Crippen molar-refractivity contribution in [1.82, 2.24) is 4.98 Å². The van der Waals surface area contributed by atoms with Crippen LogP contribution in [0.3, 0.4) is 0 Å². The average Bonchev–Trinajstić information content (AvgIpc) is 2.26. The van der Waals surface area contributed by atoms with Crippen LogP contribution in [0.4, 0.5) is 0 Å². The normalized spacial score (nSPS) is 13.3. The lowest BCUT2D eigenvalue weighted by atomic mass is 10.1. The number of carboxylic acids is 1. The molecule has 8 nitrogen and oxygen atoms in total. The predicted molar refractivity (Wildman–Crippen MR) is 69.6 cm³/mol. The van der Waals surface area contributed by atoms with Crippen LogP contribution in [0.2, 0.25) is 0 Å². The number of rotatable bonds is 3. The number of aromatic carboxylic acids is 1. The van der Waals surface area contributed by atoms with E-state index in [9.17, 15) is 18.4 Å². The highest BCUT2D eigenvalue weighted by Crippen LogP contribution is 2.13. The average molecular weight is 302 g/mol. The summed E-state index contributed by atoms with van der Waals surface area (Å²) in [4.78, 5) is 14.0. The van der Waals surface area contributed by atoms with Crippen molar-refractivity contribution in [2.24, 2.45) is 0 Å². The van der Waals surface area contributed by atoms with Crippen molar-refractivity contribution in [3.05, 3.63) is 28.7 Å². The second kappa shape index (κ2) is 5.17. The number of carboxylic acid groups (broad SMARTS) is 1. The van der Waals surface area contributed by atoms with Crippen molar-refractivity contribution in [1.29, 1.82) is 0 Å². The molecule has 0 saturated heterocycles. The molecule has 2 N–H and O–H groups in total. The van der Waals surface area contributed by atoms with Crippen LogP contribution in [0.15, 0.2) is 17.2 Å². The predicted octanol–water partition coefficient (Wildman–Crippen LogP) is 0.754. The summed E-state index contributed by atoms with van der Waals surface area (Å²) in [6, 6.07) is 0.743. The number of hydrogen-bond donors (Lipinski definition) is 2. The molecule has 0 aliphatic rings. The molecule has 0 aromatic carbocycles. The molecule has 0 fully saturated rings. The fourth-order valence-corrected chi connectivity index (χ4v) is 1.63. The van der Waals surface area contributed by atoms with Crippen LogP contribution in [0.25, 0.3) is 0 Å². The summed E-state index contributed by atoms with van der Waals surface area (Å²) in [6.07, 6.45) is 1.74. The Balaban J connectivity index is 3.47. The third-order valence-electron chi connectivity index (χ3n) is 2.32. The van der Waals surface area contributed by atoms with Crippen LogP contribution in [-0.2, 0) is 10.1 Å². The van der Waals surface area contributed by atoms with E-state index in [-0.39, 0.29) is 5.69 Å². The Bertz CT molecular complexity index is 673. The highest BCUT2D eigenvalue weighted by Gasteiger charge is 2.22. The maximum Gasteiger partial charge on any atom is 0.338 e. The van der Waals surface area contributed by atoms with Crippen molar-refractivity contribution >= 4 is 22.3 Å². The van der Waals surface area contributed by atoms with E-state index in [1.54, 1.807) is 20.8 Å². The largest absolute Gasteiger partial charge is 0.623 e. The van der Waals surface area contributed by atoms with Gasteiger partial charge in [0.15, 0.2) is 5.54 Å². The van der Waals surface area contributed by atoms with Crippen molar-refractivity contribution in [2.45, 2.75) is 31.2 Å². The zero-order valence-electron chi connectivity index (χ0n) is 11.1. The Morgan fingerprint density at radius 1 is 1.45 bits per heavy atom. The molecule has 0 radical (unpaired) electrons. The Morgan fingerprint density at radius 3 is 2.40 bits per heavy atom. The van der Waals surface area contributed by atoms with Crippen molar-refractivity contribution < 1.29 is 27.6 Å². The highest BCUT2D eigenvalue weighted by atomic mass is 32.2. The van der Waals surface area contributed by atoms with Gasteiger partial charge in [-0.2, -0.15) is 8.42 Å². The summed E-state index contributed by atoms with van der Waals surface area (Å²) in [7, 11) is -4.56. The minimum absolute atomic E-state index is 0.199. The lowest BCUT2D eigenvalue weighted by Gasteiger charge is -2.18. The highest BCUT2D eigenvalue weighted by molar-refractivity contribution is 7.85. The quantitative estimate of drug-likeness (QED) is 0.277. The van der Waals surface area contributed by atoms with Crippen LogP contribution >= 0.6 is 0 Å². The topological polar surface area (TPSA) is 131 Å². The van der Waals surface area contributed by atoms with Crippen molar-refractivity contribution in [2.75, 3.05) is 0 Å². The monoisotopic (exact) mass is 302 g/mol. The summed E-state index contributed by atoms with van der Waals surface area (Å²) in [5, 5.41) is 20.8. The maximum absolute atomic E-state index is 11.8. The summed E-state index contributed by atoms with van der Waals surface area (Å²) in [5.41, 5.74) is -1.50. The third kappa shape index (κ3) is 3.75. The van der Waals surface area contributed by atoms with Gasteiger partial charge in [-0.05, 0) is 6.07 Å². The van der Waals surface area contributed by atoms with Gasteiger partial charge in [-0.3, -0.25) is 4.55 Å². The molecular formula is C11H14N2O6S. The molecule has 1 rings (SSSR count). The van der Waals surface area contributed by atoms with Crippen LogP contribution < -0.4 is 0 Å². The fraction of sp³-hybridized carbons (Fsp3) is 0.364. The molecule has 110 valence electrons. The van der Waals surface area contributed by atoms with Gasteiger partial charge in [0, 0.05) is 27.0 Å². The molecule has 0 atom stereocenters. The zero-order valence-corrected chi connectivity index (χ0v) is 11.9. The Hall–Kier alpha value is -2.00. The van der Waals surface area contributed by atoms with E-state index in [0.29, 0.717) is 4.74 Å². The van der Waals surface area contributed by atoms with E-state index in [1.165, 1.54) is 0 Å². The molecule has 20 heavy (non-hydrogen) atoms. The number of pyridine rings is 1. The standard InChI is InChI=1S/C11H14N2O6S/c1-11(2,3)13(16)6-9-8(10(14)15)4-7(5-12-9)20(17,18)19/h4-6H,1-3H3,(H,14,15)(H,17,18,19). The number of nitrogens with zero attached hydrogens (tertiary/aromatic N) is 2. The van der Waals surface area contributed by atoms with E-state index in [1.807, 2.05) is 0 Å². The van der Waals surface area contributed by atoms with Crippen LogP contribution in [0, 0.1) is 5.21 Å². The van der Waals surface area contributed by atoms with E-state index in [0.717, 1.165) is 18.5 Å². The van der Waals surface area contributed by atoms with Gasteiger partial charge in [-0.15, -0.1) is 0 Å². The van der Waals surface area contributed by atoms with E-state index in [4.69, 9.17) is 9.66 Å². The van der Waals surface area contributed by atoms with E-state index >= 15 is 0 Å². The molecule has 0 bridgehead atoms. The first-order valence-corrected chi connectivity index (χ1v) is 6.89. The fourth-order valence-electron chi connectivity index (χ4n) is 1.18. The molecule has 9 heteroatoms. The lowest BCUT2D eigenvalue weighted by Crippen LogP contribution is -2.30. The molecule has 1 aromatic heterocycles. The maximum atomic E-state index is 11.8. The van der Waals surface area contributed by atoms with Crippen LogP contribution in [-0.4, -0.2) is 45.5 Å². The number of hydroxylamine groups is 1.